The molecule has 0 aliphatic heterocycles. The van der Waals surface area contributed by atoms with Crippen molar-refractivity contribution in [3.8, 4) is 23.0 Å². The van der Waals surface area contributed by atoms with Crippen molar-refractivity contribution in [1.29, 1.82) is 0 Å². The number of imidazole rings is 3. The van der Waals surface area contributed by atoms with Crippen LogP contribution in [-0.2, 0) is 0 Å². The molecule has 2 N–H and O–H groups in total. The predicted molar refractivity (Wildman–Crippen MR) is 119 cm³/mol. The van der Waals surface area contributed by atoms with E-state index in [0.29, 0.717) is 11.6 Å². The first-order valence-electron chi connectivity index (χ1n) is 9.95. The zero-order valence-corrected chi connectivity index (χ0v) is 16.5. The Labute approximate surface area is 179 Å². The fourth-order valence-electron chi connectivity index (χ4n) is 3.98. The van der Waals surface area contributed by atoms with E-state index in [2.05, 4.69) is 29.9 Å². The van der Waals surface area contributed by atoms with Crippen molar-refractivity contribution < 1.29 is 0 Å². The number of hydrogen-bond donors (Lipinski definition) is 2. The van der Waals surface area contributed by atoms with Gasteiger partial charge in [-0.3, -0.25) is 15.0 Å². The van der Waals surface area contributed by atoms with E-state index in [4.69, 9.17) is 9.97 Å². The minimum atomic E-state index is 0.629. The van der Waals surface area contributed by atoms with E-state index in [0.717, 1.165) is 44.5 Å². The van der Waals surface area contributed by atoms with Crippen molar-refractivity contribution in [2.24, 2.45) is 0 Å². The number of nitrogens with one attached hydrogen (secondary N) is 2. The molecule has 152 valence electrons. The molecule has 0 spiro atoms. The van der Waals surface area contributed by atoms with Gasteiger partial charge in [0.25, 0.3) is 0 Å². The molecule has 0 fully saturated rings. The summed E-state index contributed by atoms with van der Waals surface area (Å²) in [6, 6.07) is 9.70. The minimum absolute atomic E-state index is 0.629. The lowest BCUT2D eigenvalue weighted by molar-refractivity contribution is 0.690. The lowest BCUT2D eigenvalue weighted by atomic mass is 10.3. The fraction of sp³-hybridized carbons (Fsp3) is 0. The maximum absolute atomic E-state index is 4.74. The summed E-state index contributed by atoms with van der Waals surface area (Å²) in [6.45, 7) is 0. The maximum atomic E-state index is 4.74. The van der Waals surface area contributed by atoms with Gasteiger partial charge in [-0.2, -0.15) is 0 Å². The van der Waals surface area contributed by atoms with Crippen LogP contribution >= 0.6 is 0 Å². The van der Waals surface area contributed by atoms with Crippen LogP contribution in [0.1, 0.15) is 0 Å². The number of fused-ring (bicyclic) bond motifs is 3. The molecule has 0 saturated carbocycles. The highest BCUT2D eigenvalue weighted by atomic mass is 15.5. The smallest absolute Gasteiger partial charge is 0.196 e. The number of aromatic amines is 2. The molecule has 0 unspecified atom stereocenters. The molecule has 0 atom stereocenters. The van der Waals surface area contributed by atoms with Crippen LogP contribution in [-0.4, -0.2) is 49.2 Å². The SMILES string of the molecule is c1cnc2cc(-c3cnc(-c4nc5ccncc5[nH]4)n3-n3cnc4cnccc43)[nH]c2c1. The Morgan fingerprint density at radius 2 is 1.69 bits per heavy atom. The van der Waals surface area contributed by atoms with Gasteiger partial charge >= 0.3 is 0 Å². The van der Waals surface area contributed by atoms with Gasteiger partial charge in [0.05, 0.1) is 51.9 Å². The van der Waals surface area contributed by atoms with Crippen LogP contribution in [0, 0.1) is 0 Å². The molecule has 10 nitrogen and oxygen atoms in total. The number of nitrogens with zero attached hydrogens (tertiary/aromatic N) is 8. The Balaban J connectivity index is 1.53. The third-order valence-electron chi connectivity index (χ3n) is 5.44. The standard InChI is InChI=1S/C22H14N10/c1-2-13-15(25-5-1)8-16(28-13)20-11-26-22(21-29-14-3-6-23-9-17(14)30-21)32(20)31-12-27-18-10-24-7-4-19(18)31/h1-12,28H,(H,29,30). The van der Waals surface area contributed by atoms with E-state index in [1.807, 2.05) is 45.9 Å². The molecule has 10 heteroatoms. The predicted octanol–water partition coefficient (Wildman–Crippen LogP) is 3.42. The zero-order valence-electron chi connectivity index (χ0n) is 16.5. The second-order valence-corrected chi connectivity index (χ2v) is 7.33. The normalized spacial score (nSPS) is 11.8. The van der Waals surface area contributed by atoms with Gasteiger partial charge in [0.15, 0.2) is 11.6 Å². The van der Waals surface area contributed by atoms with Gasteiger partial charge in [0, 0.05) is 18.6 Å². The van der Waals surface area contributed by atoms with E-state index >= 15 is 0 Å². The zero-order chi connectivity index (χ0) is 21.1. The van der Waals surface area contributed by atoms with E-state index in [-0.39, 0.29) is 0 Å². The van der Waals surface area contributed by atoms with E-state index in [1.165, 1.54) is 0 Å². The lowest BCUT2D eigenvalue weighted by Crippen LogP contribution is -2.12. The summed E-state index contributed by atoms with van der Waals surface area (Å²) in [5.41, 5.74) is 6.89. The van der Waals surface area contributed by atoms with Crippen molar-refractivity contribution in [1.82, 2.24) is 49.2 Å². The number of rotatable bonds is 3. The Bertz CT molecular complexity index is 1590. The summed E-state index contributed by atoms with van der Waals surface area (Å²) in [6.07, 6.45) is 12.3. The summed E-state index contributed by atoms with van der Waals surface area (Å²) in [5, 5.41) is 0. The Hall–Kier alpha value is -4.86. The van der Waals surface area contributed by atoms with E-state index in [9.17, 15) is 0 Å². The minimum Gasteiger partial charge on any atom is -0.352 e. The van der Waals surface area contributed by atoms with E-state index < -0.39 is 0 Å². The lowest BCUT2D eigenvalue weighted by Gasteiger charge is -2.12. The Morgan fingerprint density at radius 1 is 0.750 bits per heavy atom. The second-order valence-electron chi connectivity index (χ2n) is 7.33. The number of hydrogen-bond acceptors (Lipinski definition) is 6. The molecule has 0 amide bonds. The molecule has 7 rings (SSSR count). The van der Waals surface area contributed by atoms with Crippen LogP contribution in [0.15, 0.2) is 73.8 Å². The molecule has 0 aliphatic rings. The molecule has 0 aliphatic carbocycles. The Kier molecular flexibility index (Phi) is 3.33. The van der Waals surface area contributed by atoms with Crippen molar-refractivity contribution in [2.45, 2.75) is 0 Å². The molecule has 0 saturated heterocycles. The van der Waals surface area contributed by atoms with Gasteiger partial charge in [0.1, 0.15) is 17.5 Å². The molecule has 0 radical (unpaired) electrons. The largest absolute Gasteiger partial charge is 0.352 e. The van der Waals surface area contributed by atoms with Crippen molar-refractivity contribution in [3.63, 3.8) is 0 Å². The van der Waals surface area contributed by atoms with E-state index in [1.54, 1.807) is 37.3 Å². The van der Waals surface area contributed by atoms with Crippen molar-refractivity contribution >= 4 is 33.1 Å². The number of H-pyrrole nitrogens is 2. The first kappa shape index (κ1) is 16.9. The highest BCUT2D eigenvalue weighted by molar-refractivity contribution is 5.83. The Morgan fingerprint density at radius 3 is 2.62 bits per heavy atom. The monoisotopic (exact) mass is 418 g/mol. The van der Waals surface area contributed by atoms with Crippen molar-refractivity contribution in [3.05, 3.63) is 73.8 Å². The van der Waals surface area contributed by atoms with Crippen LogP contribution < -0.4 is 0 Å². The van der Waals surface area contributed by atoms with Crippen LogP contribution in [0.25, 0.3) is 56.1 Å². The molecule has 0 bridgehead atoms. The summed E-state index contributed by atoms with van der Waals surface area (Å²) in [7, 11) is 0. The molecule has 0 aromatic carbocycles. The first-order chi connectivity index (χ1) is 15.8. The van der Waals surface area contributed by atoms with Gasteiger partial charge in [-0.25, -0.2) is 24.3 Å². The summed E-state index contributed by atoms with van der Waals surface area (Å²) in [4.78, 5) is 33.6. The fourth-order valence-corrected chi connectivity index (χ4v) is 3.98. The van der Waals surface area contributed by atoms with Gasteiger partial charge in [-0.05, 0) is 30.3 Å². The van der Waals surface area contributed by atoms with Crippen molar-refractivity contribution in [2.75, 3.05) is 0 Å². The maximum Gasteiger partial charge on any atom is 0.196 e. The van der Waals surface area contributed by atoms with Gasteiger partial charge in [0.2, 0.25) is 0 Å². The second kappa shape index (κ2) is 6.32. The third kappa shape index (κ3) is 2.40. The average molecular weight is 418 g/mol. The molecule has 32 heavy (non-hydrogen) atoms. The van der Waals surface area contributed by atoms with Gasteiger partial charge < -0.3 is 9.97 Å². The van der Waals surface area contributed by atoms with Crippen LogP contribution in [0.5, 0.6) is 0 Å². The van der Waals surface area contributed by atoms with Gasteiger partial charge in [-0.1, -0.05) is 0 Å². The summed E-state index contributed by atoms with van der Waals surface area (Å²) >= 11 is 0. The average Bonchev–Trinajstić information content (AvgIpc) is 3.61. The van der Waals surface area contributed by atoms with Crippen LogP contribution in [0.3, 0.4) is 0 Å². The molecule has 7 aromatic heterocycles. The number of pyridine rings is 3. The highest BCUT2D eigenvalue weighted by Gasteiger charge is 2.21. The number of aromatic nitrogens is 10. The quantitative estimate of drug-likeness (QED) is 0.454. The first-order valence-corrected chi connectivity index (χ1v) is 9.95. The molecule has 7 heterocycles. The summed E-state index contributed by atoms with van der Waals surface area (Å²) < 4.78 is 3.92. The molecule has 7 aromatic rings. The van der Waals surface area contributed by atoms with Gasteiger partial charge in [-0.15, -0.1) is 0 Å². The summed E-state index contributed by atoms with van der Waals surface area (Å²) in [5.74, 6) is 1.27. The molecular formula is C22H14N10. The topological polar surface area (TPSA) is 119 Å². The van der Waals surface area contributed by atoms with Crippen LogP contribution in [0.4, 0.5) is 0 Å². The van der Waals surface area contributed by atoms with Crippen LogP contribution in [0.2, 0.25) is 0 Å². The third-order valence-corrected chi connectivity index (χ3v) is 5.44. The molecular weight excluding hydrogens is 404 g/mol. The highest BCUT2D eigenvalue weighted by Crippen LogP contribution is 2.29.